The maximum Gasteiger partial charge on any atom is 0.209 e. The van der Waals surface area contributed by atoms with Crippen LogP contribution in [0.5, 0.6) is 0 Å². The Hall–Kier alpha value is -2.85. The van der Waals surface area contributed by atoms with E-state index in [4.69, 9.17) is 16.1 Å². The smallest absolute Gasteiger partial charge is 0.209 e. The lowest BCUT2D eigenvalue weighted by Gasteiger charge is -1.99. The van der Waals surface area contributed by atoms with Gasteiger partial charge in [0.1, 0.15) is 11.6 Å². The van der Waals surface area contributed by atoms with Gasteiger partial charge < -0.3 is 15.7 Å². The molecule has 3 aromatic heterocycles. The van der Waals surface area contributed by atoms with Crippen molar-refractivity contribution in [3.8, 4) is 22.9 Å². The molecule has 0 amide bonds. The summed E-state index contributed by atoms with van der Waals surface area (Å²) < 4.78 is 5.78. The van der Waals surface area contributed by atoms with Gasteiger partial charge in [0.2, 0.25) is 5.16 Å². The Labute approximate surface area is 135 Å². The highest BCUT2D eigenvalue weighted by atomic mass is 32.2. The van der Waals surface area contributed by atoms with Crippen LogP contribution in [0.1, 0.15) is 0 Å². The third-order valence-corrected chi connectivity index (χ3v) is 3.77. The second kappa shape index (κ2) is 6.94. The molecule has 3 rings (SSSR count). The first kappa shape index (κ1) is 15.1. The number of aromatic nitrogens is 4. The molecule has 0 radical (unpaired) electrons. The second-order valence-corrected chi connectivity index (χ2v) is 5.32. The SMILES string of the molecule is N/N=C(/CSc1n[nH]c(-c2ccc(-c3cccnc3)o2)n1)NN. The van der Waals surface area contributed by atoms with Crippen molar-refractivity contribution in [2.24, 2.45) is 16.8 Å². The maximum atomic E-state index is 5.78. The predicted molar refractivity (Wildman–Crippen MR) is 87.0 cm³/mol. The maximum absolute atomic E-state index is 5.78. The number of rotatable bonds is 5. The van der Waals surface area contributed by atoms with E-state index in [9.17, 15) is 0 Å². The second-order valence-electron chi connectivity index (χ2n) is 4.38. The summed E-state index contributed by atoms with van der Waals surface area (Å²) in [7, 11) is 0. The van der Waals surface area contributed by atoms with Crippen LogP contribution in [-0.4, -0.2) is 31.8 Å². The zero-order valence-corrected chi connectivity index (χ0v) is 12.7. The zero-order valence-electron chi connectivity index (χ0n) is 11.9. The summed E-state index contributed by atoms with van der Waals surface area (Å²) in [5, 5.41) is 11.0. The van der Waals surface area contributed by atoms with Crippen LogP contribution in [0, 0.1) is 0 Å². The fourth-order valence-corrected chi connectivity index (χ4v) is 2.49. The van der Waals surface area contributed by atoms with E-state index in [1.807, 2.05) is 24.3 Å². The van der Waals surface area contributed by atoms with Crippen molar-refractivity contribution in [1.29, 1.82) is 0 Å². The van der Waals surface area contributed by atoms with Gasteiger partial charge in [-0.2, -0.15) is 10.1 Å². The lowest BCUT2D eigenvalue weighted by molar-refractivity contribution is 0.592. The van der Waals surface area contributed by atoms with E-state index in [-0.39, 0.29) is 0 Å². The Morgan fingerprint density at radius 1 is 1.35 bits per heavy atom. The van der Waals surface area contributed by atoms with Crippen molar-refractivity contribution in [3.63, 3.8) is 0 Å². The summed E-state index contributed by atoms with van der Waals surface area (Å²) in [5.41, 5.74) is 3.29. The molecule has 3 heterocycles. The fraction of sp³-hybridized carbons (Fsp3) is 0.0769. The molecule has 3 aromatic rings. The molecule has 6 N–H and O–H groups in total. The normalized spacial score (nSPS) is 11.6. The Balaban J connectivity index is 1.72. The lowest BCUT2D eigenvalue weighted by Crippen LogP contribution is -2.33. The van der Waals surface area contributed by atoms with Gasteiger partial charge in [-0.3, -0.25) is 10.1 Å². The van der Waals surface area contributed by atoms with E-state index in [2.05, 4.69) is 30.7 Å². The Kier molecular flexibility index (Phi) is 4.54. The summed E-state index contributed by atoms with van der Waals surface area (Å²) in [4.78, 5) is 8.42. The van der Waals surface area contributed by atoms with Crippen molar-refractivity contribution in [2.75, 3.05) is 5.75 Å². The van der Waals surface area contributed by atoms with Crippen molar-refractivity contribution in [1.82, 2.24) is 25.6 Å². The molecule has 0 spiro atoms. The quantitative estimate of drug-likeness (QED) is 0.178. The highest BCUT2D eigenvalue weighted by molar-refractivity contribution is 7.99. The molecule has 0 unspecified atom stereocenters. The molecule has 23 heavy (non-hydrogen) atoms. The van der Waals surface area contributed by atoms with Crippen LogP contribution < -0.4 is 17.1 Å². The van der Waals surface area contributed by atoms with E-state index in [0.717, 1.165) is 5.56 Å². The first-order valence-corrected chi connectivity index (χ1v) is 7.58. The van der Waals surface area contributed by atoms with E-state index >= 15 is 0 Å². The number of hydrazine groups is 1. The Morgan fingerprint density at radius 3 is 2.96 bits per heavy atom. The third kappa shape index (κ3) is 3.49. The number of nitrogens with two attached hydrogens (primary N) is 2. The fourth-order valence-electron chi connectivity index (χ4n) is 1.80. The molecule has 0 aliphatic carbocycles. The molecule has 10 heteroatoms. The summed E-state index contributed by atoms with van der Waals surface area (Å²) in [6.07, 6.45) is 3.44. The van der Waals surface area contributed by atoms with Crippen LogP contribution in [0.15, 0.2) is 51.3 Å². The van der Waals surface area contributed by atoms with Crippen molar-refractivity contribution < 1.29 is 4.42 Å². The van der Waals surface area contributed by atoms with E-state index in [1.54, 1.807) is 12.4 Å². The molecule has 9 nitrogen and oxygen atoms in total. The summed E-state index contributed by atoms with van der Waals surface area (Å²) in [6, 6.07) is 7.46. The number of nitrogens with zero attached hydrogens (tertiary/aromatic N) is 4. The largest absolute Gasteiger partial charge is 0.453 e. The number of nitrogens with one attached hydrogen (secondary N) is 2. The van der Waals surface area contributed by atoms with Gasteiger partial charge in [-0.05, 0) is 24.3 Å². The third-order valence-electron chi connectivity index (χ3n) is 2.91. The number of hydrogen-bond acceptors (Lipinski definition) is 8. The molecule has 0 atom stereocenters. The number of pyridine rings is 1. The van der Waals surface area contributed by atoms with Crippen molar-refractivity contribution in [3.05, 3.63) is 36.7 Å². The van der Waals surface area contributed by atoms with E-state index < -0.39 is 0 Å². The van der Waals surface area contributed by atoms with Gasteiger partial charge >= 0.3 is 0 Å². The summed E-state index contributed by atoms with van der Waals surface area (Å²) in [6.45, 7) is 0. The number of H-pyrrole nitrogens is 1. The number of aromatic amines is 1. The van der Waals surface area contributed by atoms with Crippen LogP contribution in [0.3, 0.4) is 0 Å². The average Bonchev–Trinajstić information content (AvgIpc) is 3.26. The van der Waals surface area contributed by atoms with Gasteiger partial charge in [-0.1, -0.05) is 11.8 Å². The van der Waals surface area contributed by atoms with Crippen molar-refractivity contribution >= 4 is 17.6 Å². The molecular formula is C13H14N8OS. The first-order valence-electron chi connectivity index (χ1n) is 6.59. The van der Waals surface area contributed by atoms with Gasteiger partial charge in [0, 0.05) is 18.0 Å². The Bertz CT molecular complexity index is 797. The predicted octanol–water partition coefficient (Wildman–Crippen LogP) is 0.954. The minimum atomic E-state index is 0.434. The topological polar surface area (TPSA) is 144 Å². The number of amidine groups is 1. The molecule has 0 bridgehead atoms. The first-order chi connectivity index (χ1) is 11.3. The van der Waals surface area contributed by atoms with Crippen LogP contribution in [0.2, 0.25) is 0 Å². The minimum absolute atomic E-state index is 0.434. The molecular weight excluding hydrogens is 316 g/mol. The molecule has 118 valence electrons. The average molecular weight is 330 g/mol. The van der Waals surface area contributed by atoms with Crippen LogP contribution in [0.4, 0.5) is 0 Å². The standard InChI is InChI=1S/C13H14N8OS/c14-18-11(19-15)7-23-13-17-12(20-21-13)10-4-3-9(22-10)8-2-1-5-16-6-8/h1-6H,7,14-15H2,(H,18,19)(H,17,20,21). The zero-order chi connectivity index (χ0) is 16.1. The minimum Gasteiger partial charge on any atom is -0.453 e. The van der Waals surface area contributed by atoms with E-state index in [0.29, 0.717) is 34.1 Å². The number of hydrogen-bond donors (Lipinski definition) is 4. The molecule has 0 saturated heterocycles. The van der Waals surface area contributed by atoms with Crippen molar-refractivity contribution in [2.45, 2.75) is 5.16 Å². The monoisotopic (exact) mass is 330 g/mol. The molecule has 0 aliphatic heterocycles. The number of hydrazone groups is 1. The highest BCUT2D eigenvalue weighted by Gasteiger charge is 2.12. The highest BCUT2D eigenvalue weighted by Crippen LogP contribution is 2.26. The van der Waals surface area contributed by atoms with Gasteiger partial charge in [0.05, 0.1) is 5.75 Å². The number of furan rings is 1. The molecule has 0 fully saturated rings. The van der Waals surface area contributed by atoms with Gasteiger partial charge in [-0.25, -0.2) is 5.84 Å². The van der Waals surface area contributed by atoms with Crippen LogP contribution in [-0.2, 0) is 0 Å². The van der Waals surface area contributed by atoms with Gasteiger partial charge in [-0.15, -0.1) is 5.10 Å². The Morgan fingerprint density at radius 2 is 2.22 bits per heavy atom. The molecule has 0 saturated carbocycles. The van der Waals surface area contributed by atoms with Crippen LogP contribution >= 0.6 is 11.8 Å². The van der Waals surface area contributed by atoms with Gasteiger partial charge in [0.15, 0.2) is 11.6 Å². The molecule has 0 aliphatic rings. The summed E-state index contributed by atoms with van der Waals surface area (Å²) >= 11 is 1.34. The van der Waals surface area contributed by atoms with E-state index in [1.165, 1.54) is 11.8 Å². The lowest BCUT2D eigenvalue weighted by atomic mass is 10.2. The molecule has 0 aromatic carbocycles. The van der Waals surface area contributed by atoms with Crippen LogP contribution in [0.25, 0.3) is 22.9 Å². The number of thioether (sulfide) groups is 1. The summed E-state index contributed by atoms with van der Waals surface area (Å²) in [5.74, 6) is 13.1. The van der Waals surface area contributed by atoms with Gasteiger partial charge in [0.25, 0.3) is 0 Å².